The number of hydrogen-bond acceptors (Lipinski definition) is 4. The lowest BCUT2D eigenvalue weighted by Gasteiger charge is -2.15. The van der Waals surface area contributed by atoms with Crippen LogP contribution >= 0.6 is 0 Å². The lowest BCUT2D eigenvalue weighted by atomic mass is 10.0. The molecular weight excluding hydrogens is 348 g/mol. The first kappa shape index (κ1) is 18.0. The molecule has 0 spiro atoms. The van der Waals surface area contributed by atoms with Crippen LogP contribution in [0.5, 0.6) is 0 Å². The molecule has 1 N–H and O–H groups in total. The van der Waals surface area contributed by atoms with Gasteiger partial charge in [0.15, 0.2) is 0 Å². The van der Waals surface area contributed by atoms with Crippen molar-refractivity contribution in [3.8, 4) is 0 Å². The Morgan fingerprint density at radius 2 is 1.75 bits per heavy atom. The molecule has 4 nitrogen and oxygen atoms in total. The summed E-state index contributed by atoms with van der Waals surface area (Å²) in [5.74, 6) is -0.354. The minimum Gasteiger partial charge on any atom is -0.462 e. The third kappa shape index (κ3) is 3.54. The molecular formula is C24H22N2O2. The van der Waals surface area contributed by atoms with Crippen LogP contribution in [0.4, 0.5) is 5.69 Å². The van der Waals surface area contributed by atoms with Gasteiger partial charge in [0, 0.05) is 23.5 Å². The Morgan fingerprint density at radius 1 is 0.964 bits per heavy atom. The van der Waals surface area contributed by atoms with Crippen LogP contribution in [0.15, 0.2) is 72.9 Å². The van der Waals surface area contributed by atoms with Crippen LogP contribution in [0.2, 0.25) is 0 Å². The number of aromatic nitrogens is 1. The normalized spacial score (nSPS) is 10.9. The van der Waals surface area contributed by atoms with E-state index in [1.165, 1.54) is 5.56 Å². The highest BCUT2D eigenvalue weighted by Crippen LogP contribution is 2.31. The standard InChI is InChI=1S/C24H22N2O2/c1-2-28-24(27)21-16-26-22-19-11-7-6-10-18(19)12-13-20(22)23(21)25-15-14-17-8-4-3-5-9-17/h3-13,16H,2,14-15H2,1H3,(H,25,26). The van der Waals surface area contributed by atoms with Crippen molar-refractivity contribution in [2.45, 2.75) is 13.3 Å². The van der Waals surface area contributed by atoms with E-state index in [4.69, 9.17) is 4.74 Å². The summed E-state index contributed by atoms with van der Waals surface area (Å²) in [7, 11) is 0. The Morgan fingerprint density at radius 3 is 2.57 bits per heavy atom. The zero-order valence-electron chi connectivity index (χ0n) is 15.8. The van der Waals surface area contributed by atoms with E-state index in [1.807, 2.05) is 43.3 Å². The molecule has 0 bridgehead atoms. The van der Waals surface area contributed by atoms with E-state index < -0.39 is 0 Å². The summed E-state index contributed by atoms with van der Waals surface area (Å²) < 4.78 is 5.25. The first-order valence-corrected chi connectivity index (χ1v) is 9.53. The molecule has 0 aliphatic heterocycles. The molecule has 0 unspecified atom stereocenters. The number of ether oxygens (including phenoxy) is 1. The SMILES string of the molecule is CCOC(=O)c1cnc2c(ccc3ccccc32)c1NCCc1ccccc1. The molecule has 4 heteroatoms. The van der Waals surface area contributed by atoms with Crippen molar-refractivity contribution in [1.82, 2.24) is 4.98 Å². The zero-order valence-corrected chi connectivity index (χ0v) is 15.8. The maximum absolute atomic E-state index is 12.5. The number of carbonyl (C=O) groups excluding carboxylic acids is 1. The lowest BCUT2D eigenvalue weighted by molar-refractivity contribution is 0.0527. The van der Waals surface area contributed by atoms with E-state index in [0.29, 0.717) is 18.7 Å². The van der Waals surface area contributed by atoms with Crippen molar-refractivity contribution in [1.29, 1.82) is 0 Å². The molecule has 1 aromatic heterocycles. The Bertz CT molecular complexity index is 1120. The van der Waals surface area contributed by atoms with Crippen LogP contribution < -0.4 is 5.32 Å². The van der Waals surface area contributed by atoms with Gasteiger partial charge in [0.25, 0.3) is 0 Å². The van der Waals surface area contributed by atoms with E-state index in [0.717, 1.165) is 33.8 Å². The second kappa shape index (κ2) is 8.09. The highest BCUT2D eigenvalue weighted by molar-refractivity contribution is 6.13. The third-order valence-electron chi connectivity index (χ3n) is 4.82. The molecule has 0 fully saturated rings. The highest BCUT2D eigenvalue weighted by atomic mass is 16.5. The second-order valence-electron chi connectivity index (χ2n) is 6.61. The van der Waals surface area contributed by atoms with Gasteiger partial charge in [-0.2, -0.15) is 0 Å². The van der Waals surface area contributed by atoms with Gasteiger partial charge in [-0.05, 0) is 24.3 Å². The average Bonchev–Trinajstić information content (AvgIpc) is 2.74. The third-order valence-corrected chi connectivity index (χ3v) is 4.82. The number of pyridine rings is 1. The van der Waals surface area contributed by atoms with Gasteiger partial charge in [0.05, 0.1) is 17.8 Å². The van der Waals surface area contributed by atoms with E-state index in [2.05, 4.69) is 40.6 Å². The maximum Gasteiger partial charge on any atom is 0.341 e. The van der Waals surface area contributed by atoms with Crippen LogP contribution in [-0.4, -0.2) is 24.1 Å². The van der Waals surface area contributed by atoms with Crippen LogP contribution in [0, 0.1) is 0 Å². The van der Waals surface area contributed by atoms with Crippen LogP contribution in [-0.2, 0) is 11.2 Å². The van der Waals surface area contributed by atoms with Crippen molar-refractivity contribution >= 4 is 33.3 Å². The number of esters is 1. The Labute approximate surface area is 164 Å². The number of nitrogens with zero attached hydrogens (tertiary/aromatic N) is 1. The minimum atomic E-state index is -0.354. The molecule has 4 aromatic rings. The molecule has 4 rings (SSSR count). The van der Waals surface area contributed by atoms with Crippen LogP contribution in [0.1, 0.15) is 22.8 Å². The lowest BCUT2D eigenvalue weighted by Crippen LogP contribution is -2.13. The number of fused-ring (bicyclic) bond motifs is 3. The molecule has 1 heterocycles. The summed E-state index contributed by atoms with van der Waals surface area (Å²) in [5, 5.41) is 6.59. The van der Waals surface area contributed by atoms with Gasteiger partial charge < -0.3 is 10.1 Å². The Balaban J connectivity index is 1.76. The molecule has 0 aliphatic rings. The largest absolute Gasteiger partial charge is 0.462 e. The van der Waals surface area contributed by atoms with Gasteiger partial charge in [0.2, 0.25) is 0 Å². The predicted octanol–water partition coefficient (Wildman–Crippen LogP) is 5.22. The molecule has 0 atom stereocenters. The molecule has 0 aliphatic carbocycles. The van der Waals surface area contributed by atoms with Gasteiger partial charge in [-0.3, -0.25) is 4.98 Å². The monoisotopic (exact) mass is 370 g/mol. The highest BCUT2D eigenvalue weighted by Gasteiger charge is 2.17. The number of rotatable bonds is 6. The average molecular weight is 370 g/mol. The first-order chi connectivity index (χ1) is 13.8. The molecule has 0 saturated heterocycles. The fourth-order valence-corrected chi connectivity index (χ4v) is 3.47. The summed E-state index contributed by atoms with van der Waals surface area (Å²) in [6.07, 6.45) is 2.48. The van der Waals surface area contributed by atoms with Gasteiger partial charge in [-0.15, -0.1) is 0 Å². The van der Waals surface area contributed by atoms with E-state index in [9.17, 15) is 4.79 Å². The van der Waals surface area contributed by atoms with Gasteiger partial charge in [0.1, 0.15) is 5.56 Å². The molecule has 0 radical (unpaired) electrons. The summed E-state index contributed by atoms with van der Waals surface area (Å²) in [6.45, 7) is 2.85. The molecule has 0 saturated carbocycles. The first-order valence-electron chi connectivity index (χ1n) is 9.53. The molecule has 0 amide bonds. The van der Waals surface area contributed by atoms with Crippen LogP contribution in [0.25, 0.3) is 21.7 Å². The molecule has 140 valence electrons. The quantitative estimate of drug-likeness (QED) is 0.373. The molecule has 3 aromatic carbocycles. The zero-order chi connectivity index (χ0) is 19.3. The fourth-order valence-electron chi connectivity index (χ4n) is 3.47. The fraction of sp³-hybridized carbons (Fsp3) is 0.167. The number of benzene rings is 3. The predicted molar refractivity (Wildman–Crippen MR) is 114 cm³/mol. The van der Waals surface area contributed by atoms with E-state index in [-0.39, 0.29) is 5.97 Å². The molecule has 28 heavy (non-hydrogen) atoms. The van der Waals surface area contributed by atoms with Crippen molar-refractivity contribution in [2.75, 3.05) is 18.5 Å². The number of nitrogens with one attached hydrogen (secondary N) is 1. The number of anilines is 1. The smallest absolute Gasteiger partial charge is 0.341 e. The Hall–Kier alpha value is -3.40. The van der Waals surface area contributed by atoms with Crippen molar-refractivity contribution in [2.24, 2.45) is 0 Å². The Kier molecular flexibility index (Phi) is 5.20. The van der Waals surface area contributed by atoms with E-state index >= 15 is 0 Å². The van der Waals surface area contributed by atoms with Gasteiger partial charge in [-0.1, -0.05) is 66.7 Å². The summed E-state index contributed by atoms with van der Waals surface area (Å²) >= 11 is 0. The van der Waals surface area contributed by atoms with Gasteiger partial charge in [-0.25, -0.2) is 4.79 Å². The van der Waals surface area contributed by atoms with Crippen molar-refractivity contribution < 1.29 is 9.53 Å². The summed E-state index contributed by atoms with van der Waals surface area (Å²) in [4.78, 5) is 17.1. The maximum atomic E-state index is 12.5. The summed E-state index contributed by atoms with van der Waals surface area (Å²) in [5.41, 5.74) is 3.38. The van der Waals surface area contributed by atoms with Gasteiger partial charge >= 0.3 is 5.97 Å². The number of carbonyl (C=O) groups is 1. The summed E-state index contributed by atoms with van der Waals surface area (Å²) in [6, 6.07) is 22.5. The minimum absolute atomic E-state index is 0.331. The number of hydrogen-bond donors (Lipinski definition) is 1. The van der Waals surface area contributed by atoms with Crippen molar-refractivity contribution in [3.05, 3.63) is 84.1 Å². The topological polar surface area (TPSA) is 51.2 Å². The van der Waals surface area contributed by atoms with Crippen molar-refractivity contribution in [3.63, 3.8) is 0 Å². The second-order valence-corrected chi connectivity index (χ2v) is 6.61. The van der Waals surface area contributed by atoms with E-state index in [1.54, 1.807) is 6.20 Å². The van der Waals surface area contributed by atoms with Crippen LogP contribution in [0.3, 0.4) is 0 Å².